The lowest BCUT2D eigenvalue weighted by Gasteiger charge is -2.02. The van der Waals surface area contributed by atoms with E-state index in [-0.39, 0.29) is 13.2 Å². The normalized spacial score (nSPS) is 8.82. The molecule has 0 saturated heterocycles. The van der Waals surface area contributed by atoms with Gasteiger partial charge in [-0.2, -0.15) is 0 Å². The predicted octanol–water partition coefficient (Wildman–Crippen LogP) is -0.562. The largest absolute Gasteiger partial charge is 0.447 e. The summed E-state index contributed by atoms with van der Waals surface area (Å²) in [5, 5.41) is 1.72. The number of alkyl carbamates (subject to hydrolysis) is 1. The van der Waals surface area contributed by atoms with E-state index < -0.39 is 12.1 Å². The molecule has 0 aromatic heterocycles. The Hall–Kier alpha value is -1.30. The molecule has 11 heavy (non-hydrogen) atoms. The summed E-state index contributed by atoms with van der Waals surface area (Å²) in [4.78, 5) is 20.5. The van der Waals surface area contributed by atoms with Crippen LogP contribution in [0.5, 0.6) is 0 Å². The van der Waals surface area contributed by atoms with Crippen molar-refractivity contribution in [2.75, 3.05) is 20.3 Å². The summed E-state index contributed by atoms with van der Waals surface area (Å²) in [6, 6.07) is -0.938. The van der Waals surface area contributed by atoms with Crippen LogP contribution in [-0.2, 0) is 9.47 Å². The van der Waals surface area contributed by atoms with Gasteiger partial charge >= 0.3 is 12.1 Å². The standard InChI is InChI=1S/C5H10N2O4/c1-10-2-3-11-5(9)7-4(6)8/h2-3H2,1H3,(H3,6,7,8,9). The smallest absolute Gasteiger partial charge is 0.415 e. The molecule has 0 saturated carbocycles. The van der Waals surface area contributed by atoms with Crippen LogP contribution in [0.3, 0.4) is 0 Å². The number of amides is 3. The number of carbonyl (C=O) groups is 2. The molecular weight excluding hydrogens is 152 g/mol. The molecule has 3 amide bonds. The third-order valence-electron chi connectivity index (χ3n) is 0.746. The Bertz CT molecular complexity index is 147. The van der Waals surface area contributed by atoms with E-state index >= 15 is 0 Å². The van der Waals surface area contributed by atoms with Crippen molar-refractivity contribution in [1.29, 1.82) is 0 Å². The Kier molecular flexibility index (Phi) is 4.83. The summed E-state index contributed by atoms with van der Waals surface area (Å²) in [5.41, 5.74) is 4.62. The Morgan fingerprint density at radius 1 is 1.45 bits per heavy atom. The van der Waals surface area contributed by atoms with Gasteiger partial charge in [0.05, 0.1) is 6.61 Å². The van der Waals surface area contributed by atoms with Gasteiger partial charge in [-0.1, -0.05) is 0 Å². The molecule has 0 radical (unpaired) electrons. The zero-order valence-corrected chi connectivity index (χ0v) is 6.12. The van der Waals surface area contributed by atoms with Gasteiger partial charge in [0.15, 0.2) is 0 Å². The second-order valence-corrected chi connectivity index (χ2v) is 1.62. The molecule has 0 aromatic carbocycles. The number of primary amides is 1. The van der Waals surface area contributed by atoms with Crippen LogP contribution >= 0.6 is 0 Å². The van der Waals surface area contributed by atoms with E-state index in [2.05, 4.69) is 15.2 Å². The molecule has 0 heterocycles. The molecule has 0 aliphatic carbocycles. The highest BCUT2D eigenvalue weighted by molar-refractivity contribution is 5.89. The van der Waals surface area contributed by atoms with Gasteiger partial charge in [-0.3, -0.25) is 0 Å². The highest BCUT2D eigenvalue weighted by Gasteiger charge is 2.02. The Morgan fingerprint density at radius 2 is 2.09 bits per heavy atom. The molecule has 0 aliphatic rings. The molecule has 0 aliphatic heterocycles. The van der Waals surface area contributed by atoms with E-state index in [0.717, 1.165) is 0 Å². The van der Waals surface area contributed by atoms with Crippen LogP contribution in [0.25, 0.3) is 0 Å². The Morgan fingerprint density at radius 3 is 2.55 bits per heavy atom. The van der Waals surface area contributed by atoms with Crippen molar-refractivity contribution >= 4 is 12.1 Å². The summed E-state index contributed by atoms with van der Waals surface area (Å²) in [7, 11) is 1.47. The van der Waals surface area contributed by atoms with Crippen molar-refractivity contribution in [3.05, 3.63) is 0 Å². The molecule has 3 N–H and O–H groups in total. The van der Waals surface area contributed by atoms with Crippen LogP contribution < -0.4 is 11.1 Å². The minimum atomic E-state index is -0.938. The van der Waals surface area contributed by atoms with Crippen LogP contribution in [0, 0.1) is 0 Å². The highest BCUT2D eigenvalue weighted by Crippen LogP contribution is 1.77. The van der Waals surface area contributed by atoms with Crippen LogP contribution in [-0.4, -0.2) is 32.4 Å². The number of rotatable bonds is 3. The number of ether oxygens (including phenoxy) is 2. The molecule has 0 bridgehead atoms. The lowest BCUT2D eigenvalue weighted by atomic mass is 10.8. The summed E-state index contributed by atoms with van der Waals surface area (Å²) < 4.78 is 8.99. The number of nitrogens with one attached hydrogen (secondary N) is 1. The number of carbonyl (C=O) groups excluding carboxylic acids is 2. The molecule has 0 rings (SSSR count). The number of methoxy groups -OCH3 is 1. The monoisotopic (exact) mass is 162 g/mol. The molecule has 6 nitrogen and oxygen atoms in total. The van der Waals surface area contributed by atoms with Gasteiger partial charge in [0.1, 0.15) is 6.61 Å². The zero-order chi connectivity index (χ0) is 8.69. The fourth-order valence-electron chi connectivity index (χ4n) is 0.354. The maximum atomic E-state index is 10.4. The molecule has 0 unspecified atom stereocenters. The average molecular weight is 162 g/mol. The van der Waals surface area contributed by atoms with Gasteiger partial charge in [0.2, 0.25) is 0 Å². The van der Waals surface area contributed by atoms with Gasteiger partial charge < -0.3 is 15.2 Å². The van der Waals surface area contributed by atoms with E-state index in [4.69, 9.17) is 0 Å². The van der Waals surface area contributed by atoms with Crippen molar-refractivity contribution in [2.24, 2.45) is 5.73 Å². The number of nitrogens with two attached hydrogens (primary N) is 1. The Balaban J connectivity index is 3.30. The fraction of sp³-hybridized carbons (Fsp3) is 0.600. The highest BCUT2D eigenvalue weighted by atomic mass is 16.6. The van der Waals surface area contributed by atoms with Crippen molar-refractivity contribution in [2.45, 2.75) is 0 Å². The molecule has 6 heteroatoms. The van der Waals surface area contributed by atoms with Gasteiger partial charge in [0.25, 0.3) is 0 Å². The first-order chi connectivity index (χ1) is 5.16. The maximum Gasteiger partial charge on any atom is 0.415 e. The molecular formula is C5H10N2O4. The zero-order valence-electron chi connectivity index (χ0n) is 6.12. The van der Waals surface area contributed by atoms with Gasteiger partial charge in [-0.25, -0.2) is 14.9 Å². The SMILES string of the molecule is COCCOC(=O)NC(N)=O. The second kappa shape index (κ2) is 5.48. The summed E-state index contributed by atoms with van der Waals surface area (Å²) >= 11 is 0. The van der Waals surface area contributed by atoms with E-state index in [1.807, 2.05) is 0 Å². The number of hydrogen-bond donors (Lipinski definition) is 2. The third-order valence-corrected chi connectivity index (χ3v) is 0.746. The number of hydrogen-bond acceptors (Lipinski definition) is 4. The van der Waals surface area contributed by atoms with E-state index in [1.165, 1.54) is 7.11 Å². The van der Waals surface area contributed by atoms with E-state index in [0.29, 0.717) is 0 Å². The first kappa shape index (κ1) is 9.70. The van der Waals surface area contributed by atoms with E-state index in [9.17, 15) is 9.59 Å². The molecule has 0 aromatic rings. The van der Waals surface area contributed by atoms with Gasteiger partial charge in [0, 0.05) is 7.11 Å². The van der Waals surface area contributed by atoms with Crippen LogP contribution in [0.15, 0.2) is 0 Å². The molecule has 64 valence electrons. The summed E-state index contributed by atoms with van der Waals surface area (Å²) in [6.07, 6.45) is -0.866. The minimum absolute atomic E-state index is 0.0929. The van der Waals surface area contributed by atoms with Crippen molar-refractivity contribution in [1.82, 2.24) is 5.32 Å². The second-order valence-electron chi connectivity index (χ2n) is 1.62. The first-order valence-corrected chi connectivity index (χ1v) is 2.89. The van der Waals surface area contributed by atoms with Crippen molar-refractivity contribution in [3.8, 4) is 0 Å². The predicted molar refractivity (Wildman–Crippen MR) is 35.9 cm³/mol. The molecule has 0 spiro atoms. The summed E-state index contributed by atoms with van der Waals surface area (Å²) in [5.74, 6) is 0. The Labute approximate surface area is 63.6 Å². The quantitative estimate of drug-likeness (QED) is 0.544. The minimum Gasteiger partial charge on any atom is -0.447 e. The number of urea groups is 1. The van der Waals surface area contributed by atoms with Gasteiger partial charge in [-0.15, -0.1) is 0 Å². The van der Waals surface area contributed by atoms with Crippen LogP contribution in [0.4, 0.5) is 9.59 Å². The maximum absolute atomic E-state index is 10.4. The molecule has 0 atom stereocenters. The average Bonchev–Trinajstić information content (AvgIpc) is 1.86. The lowest BCUT2D eigenvalue weighted by Crippen LogP contribution is -2.35. The van der Waals surface area contributed by atoms with E-state index in [1.54, 1.807) is 5.32 Å². The lowest BCUT2D eigenvalue weighted by molar-refractivity contribution is 0.100. The van der Waals surface area contributed by atoms with Crippen LogP contribution in [0.1, 0.15) is 0 Å². The first-order valence-electron chi connectivity index (χ1n) is 2.89. The fourth-order valence-corrected chi connectivity index (χ4v) is 0.354. The summed E-state index contributed by atoms with van der Waals surface area (Å²) in [6.45, 7) is 0.377. The van der Waals surface area contributed by atoms with Gasteiger partial charge in [-0.05, 0) is 0 Å². The molecule has 0 fully saturated rings. The van der Waals surface area contributed by atoms with Crippen molar-refractivity contribution < 1.29 is 19.1 Å². The third kappa shape index (κ3) is 6.59. The van der Waals surface area contributed by atoms with Crippen LogP contribution in [0.2, 0.25) is 0 Å². The van der Waals surface area contributed by atoms with Crippen molar-refractivity contribution in [3.63, 3.8) is 0 Å². The number of imide groups is 1. The topological polar surface area (TPSA) is 90.7 Å².